The monoisotopic (exact) mass is 490 g/mol. The molecule has 2 aromatic heterocycles. The summed E-state index contributed by atoms with van der Waals surface area (Å²) in [5.41, 5.74) is 1.72. The molecule has 0 saturated heterocycles. The zero-order chi connectivity index (χ0) is 24.7. The number of hydrogen-bond donors (Lipinski definition) is 1. The van der Waals surface area contributed by atoms with Gasteiger partial charge in [0.05, 0.1) is 31.0 Å². The smallest absolute Gasteiger partial charge is 0.296 e. The van der Waals surface area contributed by atoms with E-state index in [0.29, 0.717) is 34.4 Å². The van der Waals surface area contributed by atoms with E-state index in [1.807, 2.05) is 26.0 Å². The molecule has 0 saturated carbocycles. The molecular weight excluding hydrogens is 468 g/mol. The summed E-state index contributed by atoms with van der Waals surface area (Å²) < 4.78 is 16.9. The minimum Gasteiger partial charge on any atom is -0.503 e. The van der Waals surface area contributed by atoms with E-state index in [-0.39, 0.29) is 11.3 Å². The number of Topliss-reactive ketones (excluding diaryl/α,β-unsaturated/α-hetero) is 1. The Hall–Kier alpha value is -4.11. The topological polar surface area (TPSA) is 102 Å². The fourth-order valence-electron chi connectivity index (χ4n) is 4.16. The molecule has 35 heavy (non-hydrogen) atoms. The minimum atomic E-state index is -0.946. The van der Waals surface area contributed by atoms with Gasteiger partial charge in [0.2, 0.25) is 5.78 Å². The molecule has 1 aliphatic rings. The molecule has 8 nitrogen and oxygen atoms in total. The maximum atomic E-state index is 13.7. The number of benzene rings is 2. The molecule has 0 bridgehead atoms. The Morgan fingerprint density at radius 1 is 1.20 bits per heavy atom. The third-order valence-corrected chi connectivity index (χ3v) is 6.68. The highest BCUT2D eigenvalue weighted by molar-refractivity contribution is 7.14. The fraction of sp³-hybridized carbons (Fsp3) is 0.192. The number of aryl methyl sites for hydroxylation is 1. The number of amides is 1. The number of aromatic nitrogens is 1. The Bertz CT molecular complexity index is 1450. The Kier molecular flexibility index (Phi) is 5.78. The molecule has 1 aliphatic heterocycles. The quantitative estimate of drug-likeness (QED) is 0.347. The molecular formula is C26H22N2O6S. The normalized spacial score (nSPS) is 15.8. The average molecular weight is 491 g/mol. The first-order valence-electron chi connectivity index (χ1n) is 11.0. The van der Waals surface area contributed by atoms with Gasteiger partial charge in [-0.05, 0) is 43.7 Å². The highest BCUT2D eigenvalue weighted by atomic mass is 32.1. The fourth-order valence-corrected chi connectivity index (χ4v) is 4.98. The number of hydrogen-bond acceptors (Lipinski definition) is 8. The van der Waals surface area contributed by atoms with Crippen LogP contribution in [0.25, 0.3) is 11.0 Å². The first kappa shape index (κ1) is 22.7. The third kappa shape index (κ3) is 3.83. The van der Waals surface area contributed by atoms with E-state index in [9.17, 15) is 14.7 Å². The Morgan fingerprint density at radius 2 is 2.00 bits per heavy atom. The maximum Gasteiger partial charge on any atom is 0.296 e. The van der Waals surface area contributed by atoms with Crippen LogP contribution in [-0.4, -0.2) is 35.5 Å². The van der Waals surface area contributed by atoms with Crippen molar-refractivity contribution < 1.29 is 28.6 Å². The van der Waals surface area contributed by atoms with E-state index in [1.54, 1.807) is 41.8 Å². The molecule has 1 amide bonds. The van der Waals surface area contributed by atoms with Gasteiger partial charge in [-0.1, -0.05) is 24.3 Å². The van der Waals surface area contributed by atoms with E-state index in [4.69, 9.17) is 13.9 Å². The van der Waals surface area contributed by atoms with Crippen LogP contribution in [0.4, 0.5) is 5.13 Å². The Labute approximate surface area is 205 Å². The number of ether oxygens (including phenoxy) is 2. The molecule has 1 N–H and O–H groups in total. The zero-order valence-electron chi connectivity index (χ0n) is 19.3. The predicted octanol–water partition coefficient (Wildman–Crippen LogP) is 5.39. The van der Waals surface area contributed by atoms with Crippen LogP contribution in [0.15, 0.2) is 69.7 Å². The summed E-state index contributed by atoms with van der Waals surface area (Å²) in [5, 5.41) is 13.9. The number of carbonyl (C=O) groups is 2. The number of thiazole rings is 1. The molecule has 1 atom stereocenters. The lowest BCUT2D eigenvalue weighted by Gasteiger charge is -2.25. The number of para-hydroxylation sites is 1. The number of methoxy groups -OCH3 is 1. The summed E-state index contributed by atoms with van der Waals surface area (Å²) in [6.07, 6.45) is 0. The predicted molar refractivity (Wildman–Crippen MR) is 131 cm³/mol. The Morgan fingerprint density at radius 3 is 2.69 bits per heavy atom. The van der Waals surface area contributed by atoms with Crippen LogP contribution in [-0.2, 0) is 4.79 Å². The molecule has 5 rings (SSSR count). The van der Waals surface area contributed by atoms with Gasteiger partial charge in [-0.2, -0.15) is 0 Å². The number of fused-ring (bicyclic) bond motifs is 1. The van der Waals surface area contributed by atoms with Crippen molar-refractivity contribution in [3.05, 3.63) is 82.3 Å². The van der Waals surface area contributed by atoms with Gasteiger partial charge in [-0.15, -0.1) is 11.3 Å². The molecule has 0 aliphatic carbocycles. The molecule has 0 radical (unpaired) electrons. The standard InChI is InChI=1S/C26H22N2O6S/c1-4-33-18-10-9-16(12-19(18)32-3)22-21(23(29)20-11-15-7-5-6-8-17(15)34-20)24(30)25(31)28(22)26-27-14(2)13-35-26/h5-13,22,30H,4H2,1-3H3. The number of nitrogens with zero attached hydrogens (tertiary/aromatic N) is 2. The van der Waals surface area contributed by atoms with Gasteiger partial charge in [-0.25, -0.2) is 4.98 Å². The molecule has 2 aromatic carbocycles. The number of aliphatic hydroxyl groups is 1. The number of furan rings is 1. The van der Waals surface area contributed by atoms with Gasteiger partial charge in [0.25, 0.3) is 5.91 Å². The van der Waals surface area contributed by atoms with Crippen LogP contribution in [0.1, 0.15) is 34.8 Å². The van der Waals surface area contributed by atoms with Gasteiger partial charge in [-0.3, -0.25) is 14.5 Å². The van der Waals surface area contributed by atoms with Crippen LogP contribution in [0, 0.1) is 6.92 Å². The largest absolute Gasteiger partial charge is 0.503 e. The van der Waals surface area contributed by atoms with Crippen molar-refractivity contribution in [1.29, 1.82) is 0 Å². The van der Waals surface area contributed by atoms with E-state index >= 15 is 0 Å². The first-order valence-corrected chi connectivity index (χ1v) is 11.8. The lowest BCUT2D eigenvalue weighted by Crippen LogP contribution is -2.31. The van der Waals surface area contributed by atoms with Gasteiger partial charge < -0.3 is 19.0 Å². The first-order chi connectivity index (χ1) is 16.9. The maximum absolute atomic E-state index is 13.7. The van der Waals surface area contributed by atoms with Gasteiger partial charge in [0, 0.05) is 10.8 Å². The van der Waals surface area contributed by atoms with Crippen molar-refractivity contribution in [3.63, 3.8) is 0 Å². The van der Waals surface area contributed by atoms with E-state index in [2.05, 4.69) is 4.98 Å². The molecule has 3 heterocycles. The van der Waals surface area contributed by atoms with Gasteiger partial charge in [0.15, 0.2) is 28.1 Å². The summed E-state index contributed by atoms with van der Waals surface area (Å²) in [6.45, 7) is 4.11. The van der Waals surface area contributed by atoms with E-state index in [0.717, 1.165) is 11.1 Å². The van der Waals surface area contributed by atoms with Crippen LogP contribution in [0.5, 0.6) is 11.5 Å². The van der Waals surface area contributed by atoms with Crippen molar-refractivity contribution in [2.75, 3.05) is 18.6 Å². The van der Waals surface area contributed by atoms with Crippen molar-refractivity contribution in [1.82, 2.24) is 4.98 Å². The highest BCUT2D eigenvalue weighted by Gasteiger charge is 2.46. The summed E-state index contributed by atoms with van der Waals surface area (Å²) in [7, 11) is 1.51. The summed E-state index contributed by atoms with van der Waals surface area (Å²) in [6, 6.07) is 13.0. The molecule has 0 spiro atoms. The Balaban J connectivity index is 1.66. The van der Waals surface area contributed by atoms with Crippen LogP contribution >= 0.6 is 11.3 Å². The second-order valence-electron chi connectivity index (χ2n) is 7.93. The van der Waals surface area contributed by atoms with Gasteiger partial charge >= 0.3 is 0 Å². The van der Waals surface area contributed by atoms with Crippen molar-refractivity contribution in [2.45, 2.75) is 19.9 Å². The summed E-state index contributed by atoms with van der Waals surface area (Å²) >= 11 is 1.25. The molecule has 178 valence electrons. The summed E-state index contributed by atoms with van der Waals surface area (Å²) in [5.74, 6) is -0.939. The van der Waals surface area contributed by atoms with E-state index in [1.165, 1.54) is 23.3 Å². The van der Waals surface area contributed by atoms with Crippen LogP contribution in [0.2, 0.25) is 0 Å². The lowest BCUT2D eigenvalue weighted by atomic mass is 9.95. The zero-order valence-corrected chi connectivity index (χ0v) is 20.1. The SMILES string of the molecule is CCOc1ccc(C2C(C(=O)c3cc4ccccc4o3)=C(O)C(=O)N2c2nc(C)cs2)cc1OC. The van der Waals surface area contributed by atoms with Gasteiger partial charge in [0.1, 0.15) is 5.58 Å². The van der Waals surface area contributed by atoms with Crippen LogP contribution < -0.4 is 14.4 Å². The lowest BCUT2D eigenvalue weighted by molar-refractivity contribution is -0.117. The number of aliphatic hydroxyl groups excluding tert-OH is 1. The number of rotatable bonds is 7. The molecule has 1 unspecified atom stereocenters. The second-order valence-corrected chi connectivity index (χ2v) is 8.77. The third-order valence-electron chi connectivity index (χ3n) is 5.72. The molecule has 4 aromatic rings. The highest BCUT2D eigenvalue weighted by Crippen LogP contribution is 2.45. The minimum absolute atomic E-state index is 0.0284. The van der Waals surface area contributed by atoms with Crippen molar-refractivity contribution in [3.8, 4) is 11.5 Å². The second kappa shape index (κ2) is 8.92. The van der Waals surface area contributed by atoms with E-state index < -0.39 is 23.5 Å². The number of ketones is 1. The molecule has 0 fully saturated rings. The van der Waals surface area contributed by atoms with Crippen LogP contribution in [0.3, 0.4) is 0 Å². The number of carbonyl (C=O) groups excluding carboxylic acids is 2. The number of anilines is 1. The summed E-state index contributed by atoms with van der Waals surface area (Å²) in [4.78, 5) is 32.8. The van der Waals surface area contributed by atoms with Crippen molar-refractivity contribution >= 4 is 39.1 Å². The van der Waals surface area contributed by atoms with Crippen molar-refractivity contribution in [2.24, 2.45) is 0 Å². The molecule has 9 heteroatoms. The average Bonchev–Trinajstić information content (AvgIpc) is 3.55.